The van der Waals surface area contributed by atoms with Crippen molar-refractivity contribution >= 4 is 27.9 Å². The maximum Gasteiger partial charge on any atom is 0.244 e. The smallest absolute Gasteiger partial charge is 0.244 e. The van der Waals surface area contributed by atoms with E-state index in [9.17, 15) is 4.79 Å². The second-order valence-corrected chi connectivity index (χ2v) is 8.95. The molecule has 2 aromatic carbocycles. The summed E-state index contributed by atoms with van der Waals surface area (Å²) < 4.78 is 17.8. The van der Waals surface area contributed by atoms with Crippen LogP contribution in [0.2, 0.25) is 0 Å². The highest BCUT2D eigenvalue weighted by atomic mass is 79.9. The highest BCUT2D eigenvalue weighted by Crippen LogP contribution is 2.35. The molecular weight excluding hydrogens is 458 g/mol. The van der Waals surface area contributed by atoms with Crippen molar-refractivity contribution in [1.82, 2.24) is 5.32 Å². The zero-order valence-electron chi connectivity index (χ0n) is 18.3. The van der Waals surface area contributed by atoms with E-state index in [2.05, 4.69) is 33.4 Å². The first kappa shape index (κ1) is 23.4. The van der Waals surface area contributed by atoms with Gasteiger partial charge in [-0.2, -0.15) is 0 Å². The normalized spacial score (nSPS) is 15.8. The fourth-order valence-corrected chi connectivity index (χ4v) is 4.17. The number of halogens is 1. The molecule has 3 rings (SSSR count). The van der Waals surface area contributed by atoms with Crippen molar-refractivity contribution < 1.29 is 19.0 Å². The SMILES string of the molecule is COc1cc(/C=C/C(=O)NCC2(c3cccc(Br)c3)CCOCC2)ccc1OC(C)C. The molecule has 1 N–H and O–H groups in total. The quantitative estimate of drug-likeness (QED) is 0.524. The van der Waals surface area contributed by atoms with E-state index in [1.165, 1.54) is 5.56 Å². The van der Waals surface area contributed by atoms with Gasteiger partial charge in [-0.25, -0.2) is 0 Å². The van der Waals surface area contributed by atoms with Crippen LogP contribution in [0.5, 0.6) is 11.5 Å². The molecule has 0 radical (unpaired) electrons. The largest absolute Gasteiger partial charge is 0.493 e. The zero-order valence-corrected chi connectivity index (χ0v) is 19.9. The second kappa shape index (κ2) is 10.8. The van der Waals surface area contributed by atoms with E-state index in [1.54, 1.807) is 19.3 Å². The molecule has 31 heavy (non-hydrogen) atoms. The Morgan fingerprint density at radius 3 is 2.65 bits per heavy atom. The molecule has 2 aromatic rings. The molecule has 1 fully saturated rings. The fraction of sp³-hybridized carbons (Fsp3) is 0.400. The highest BCUT2D eigenvalue weighted by molar-refractivity contribution is 9.10. The number of hydrogen-bond acceptors (Lipinski definition) is 4. The first-order valence-corrected chi connectivity index (χ1v) is 11.4. The van der Waals surface area contributed by atoms with E-state index in [-0.39, 0.29) is 17.4 Å². The lowest BCUT2D eigenvalue weighted by Crippen LogP contribution is -2.44. The van der Waals surface area contributed by atoms with Crippen LogP contribution in [-0.2, 0) is 14.9 Å². The van der Waals surface area contributed by atoms with Crippen LogP contribution in [-0.4, -0.2) is 38.9 Å². The summed E-state index contributed by atoms with van der Waals surface area (Å²) in [7, 11) is 1.61. The molecule has 0 aromatic heterocycles. The first-order chi connectivity index (χ1) is 14.9. The van der Waals surface area contributed by atoms with Crippen molar-refractivity contribution in [3.63, 3.8) is 0 Å². The van der Waals surface area contributed by atoms with E-state index in [0.717, 1.165) is 22.9 Å². The predicted octanol–water partition coefficient (Wildman–Crippen LogP) is 5.12. The summed E-state index contributed by atoms with van der Waals surface area (Å²) in [6.45, 7) is 5.90. The standard InChI is InChI=1S/C25H30BrNO4/c1-18(2)31-22-9-7-19(15-23(22)29-3)8-10-24(28)27-17-25(11-13-30-14-12-25)20-5-4-6-21(26)16-20/h4-10,15-16,18H,11-14,17H2,1-3H3,(H,27,28)/b10-8+. The van der Waals surface area contributed by atoms with Gasteiger partial charge in [0.2, 0.25) is 5.91 Å². The highest BCUT2D eigenvalue weighted by Gasteiger charge is 2.34. The maximum absolute atomic E-state index is 12.6. The summed E-state index contributed by atoms with van der Waals surface area (Å²) in [5, 5.41) is 3.09. The Labute approximate surface area is 192 Å². The van der Waals surface area contributed by atoms with Crippen LogP contribution in [0.15, 0.2) is 53.0 Å². The molecule has 0 spiro atoms. The number of benzene rings is 2. The van der Waals surface area contributed by atoms with E-state index < -0.39 is 0 Å². The Balaban J connectivity index is 1.67. The number of amides is 1. The van der Waals surface area contributed by atoms with Crippen molar-refractivity contribution in [2.45, 2.75) is 38.2 Å². The van der Waals surface area contributed by atoms with Crippen molar-refractivity contribution in [3.8, 4) is 11.5 Å². The molecule has 0 atom stereocenters. The molecule has 1 heterocycles. The average Bonchev–Trinajstić information content (AvgIpc) is 2.77. The number of rotatable bonds is 8. The van der Waals surface area contributed by atoms with Gasteiger partial charge >= 0.3 is 0 Å². The monoisotopic (exact) mass is 487 g/mol. The van der Waals surface area contributed by atoms with Gasteiger partial charge < -0.3 is 19.5 Å². The van der Waals surface area contributed by atoms with Gasteiger partial charge in [0.25, 0.3) is 0 Å². The van der Waals surface area contributed by atoms with Crippen molar-refractivity contribution in [3.05, 3.63) is 64.1 Å². The number of carbonyl (C=O) groups excluding carboxylic acids is 1. The predicted molar refractivity (Wildman–Crippen MR) is 127 cm³/mol. The van der Waals surface area contributed by atoms with Crippen molar-refractivity contribution in [1.29, 1.82) is 0 Å². The molecule has 1 aliphatic heterocycles. The minimum absolute atomic E-state index is 0.0591. The van der Waals surface area contributed by atoms with Gasteiger partial charge in [0, 0.05) is 35.7 Å². The number of nitrogens with one attached hydrogen (secondary N) is 1. The second-order valence-electron chi connectivity index (χ2n) is 8.03. The summed E-state index contributed by atoms with van der Waals surface area (Å²) in [6.07, 6.45) is 5.16. The Hall–Kier alpha value is -2.31. The molecule has 166 valence electrons. The maximum atomic E-state index is 12.6. The Morgan fingerprint density at radius 1 is 1.19 bits per heavy atom. The fourth-order valence-electron chi connectivity index (χ4n) is 3.77. The van der Waals surface area contributed by atoms with Gasteiger partial charge in [-0.3, -0.25) is 4.79 Å². The van der Waals surface area contributed by atoms with Crippen LogP contribution >= 0.6 is 15.9 Å². The molecule has 0 unspecified atom stereocenters. The molecule has 0 bridgehead atoms. The van der Waals surface area contributed by atoms with Gasteiger partial charge in [-0.1, -0.05) is 34.1 Å². The number of hydrogen-bond donors (Lipinski definition) is 1. The summed E-state index contributed by atoms with van der Waals surface area (Å²) in [4.78, 5) is 12.6. The molecule has 6 heteroatoms. The van der Waals surface area contributed by atoms with Gasteiger partial charge in [0.15, 0.2) is 11.5 Å². The van der Waals surface area contributed by atoms with Crippen LogP contribution < -0.4 is 14.8 Å². The lowest BCUT2D eigenvalue weighted by molar-refractivity contribution is -0.116. The van der Waals surface area contributed by atoms with Crippen molar-refractivity contribution in [2.75, 3.05) is 26.9 Å². The minimum Gasteiger partial charge on any atom is -0.493 e. The van der Waals surface area contributed by atoms with E-state index in [0.29, 0.717) is 31.3 Å². The van der Waals surface area contributed by atoms with Crippen LogP contribution in [0.1, 0.15) is 37.8 Å². The Morgan fingerprint density at radius 2 is 1.97 bits per heavy atom. The third-order valence-electron chi connectivity index (χ3n) is 5.47. The topological polar surface area (TPSA) is 56.8 Å². The summed E-state index contributed by atoms with van der Waals surface area (Å²) in [6, 6.07) is 14.0. The van der Waals surface area contributed by atoms with Crippen LogP contribution in [0, 0.1) is 0 Å². The van der Waals surface area contributed by atoms with Gasteiger partial charge in [0.05, 0.1) is 13.2 Å². The van der Waals surface area contributed by atoms with Crippen LogP contribution in [0.4, 0.5) is 0 Å². The van der Waals surface area contributed by atoms with Gasteiger partial charge in [-0.15, -0.1) is 0 Å². The number of carbonyl (C=O) groups is 1. The average molecular weight is 488 g/mol. The van der Waals surface area contributed by atoms with Gasteiger partial charge in [0.1, 0.15) is 0 Å². The molecule has 1 aliphatic rings. The Kier molecular flexibility index (Phi) is 8.15. The molecule has 5 nitrogen and oxygen atoms in total. The lowest BCUT2D eigenvalue weighted by atomic mass is 9.74. The summed E-state index contributed by atoms with van der Waals surface area (Å²) >= 11 is 3.56. The lowest BCUT2D eigenvalue weighted by Gasteiger charge is -2.38. The third kappa shape index (κ3) is 6.34. The van der Waals surface area contributed by atoms with E-state index in [1.807, 2.05) is 44.2 Å². The first-order valence-electron chi connectivity index (χ1n) is 10.6. The molecule has 0 saturated carbocycles. The van der Waals surface area contributed by atoms with E-state index in [4.69, 9.17) is 14.2 Å². The molecule has 1 saturated heterocycles. The molecule has 1 amide bonds. The number of ether oxygens (including phenoxy) is 3. The van der Waals surface area contributed by atoms with Crippen LogP contribution in [0.25, 0.3) is 6.08 Å². The summed E-state index contributed by atoms with van der Waals surface area (Å²) in [5.74, 6) is 1.21. The van der Waals surface area contributed by atoms with Crippen molar-refractivity contribution in [2.24, 2.45) is 0 Å². The zero-order chi connectivity index (χ0) is 22.3. The third-order valence-corrected chi connectivity index (χ3v) is 5.96. The summed E-state index contributed by atoms with van der Waals surface area (Å²) in [5.41, 5.74) is 1.97. The molecule has 0 aliphatic carbocycles. The van der Waals surface area contributed by atoms with Crippen LogP contribution in [0.3, 0.4) is 0 Å². The Bertz CT molecular complexity index is 919. The van der Waals surface area contributed by atoms with Gasteiger partial charge in [-0.05, 0) is 68.2 Å². The minimum atomic E-state index is -0.123. The van der Waals surface area contributed by atoms with E-state index >= 15 is 0 Å². The number of methoxy groups -OCH3 is 1. The molecular formula is C25H30BrNO4.